The van der Waals surface area contributed by atoms with Gasteiger partial charge in [-0.1, -0.05) is 17.5 Å². The van der Waals surface area contributed by atoms with Crippen LogP contribution in [0.25, 0.3) is 0 Å². The summed E-state index contributed by atoms with van der Waals surface area (Å²) in [6.07, 6.45) is 7.50. The van der Waals surface area contributed by atoms with Crippen molar-refractivity contribution in [1.82, 2.24) is 9.88 Å². The number of ether oxygens (including phenoxy) is 2. The van der Waals surface area contributed by atoms with Gasteiger partial charge < -0.3 is 30.1 Å². The van der Waals surface area contributed by atoms with Crippen molar-refractivity contribution in [3.63, 3.8) is 0 Å². The van der Waals surface area contributed by atoms with Gasteiger partial charge in [-0.05, 0) is 36.4 Å². The second-order valence-electron chi connectivity index (χ2n) is 9.05. The summed E-state index contributed by atoms with van der Waals surface area (Å²) in [6, 6.07) is 9.65. The number of aliphatic imine (C=N–C) groups is 1. The smallest absolute Gasteiger partial charge is 0.494 e. The lowest BCUT2D eigenvalue weighted by molar-refractivity contribution is 0.0297. The van der Waals surface area contributed by atoms with Gasteiger partial charge in [0, 0.05) is 54.3 Å². The van der Waals surface area contributed by atoms with E-state index in [1.54, 1.807) is 6.07 Å². The fraction of sp³-hybridized carbons (Fsp3) is 0.207. The summed E-state index contributed by atoms with van der Waals surface area (Å²) in [7, 11) is 1.34. The molecular weight excluding hydrogens is 569 g/mol. The van der Waals surface area contributed by atoms with Gasteiger partial charge >= 0.3 is 6.16 Å². The van der Waals surface area contributed by atoms with Crippen LogP contribution in [0, 0.1) is 18.2 Å². The van der Waals surface area contributed by atoms with Crippen LogP contribution in [0.15, 0.2) is 53.7 Å². The fourth-order valence-electron chi connectivity index (χ4n) is 4.12. The van der Waals surface area contributed by atoms with E-state index in [0.717, 1.165) is 6.07 Å². The molecule has 0 spiro atoms. The Morgan fingerprint density at radius 1 is 1.17 bits per heavy atom. The Bertz CT molecular complexity index is 1570. The Kier molecular flexibility index (Phi) is 9.57. The molecule has 1 aromatic heterocycles. The van der Waals surface area contributed by atoms with E-state index in [4.69, 9.17) is 32.6 Å². The number of hydrogen-bond acceptors (Lipinski definition) is 7. The number of nitrogens with one attached hydrogen (secondary N) is 2. The number of carboxylic acid groups (broad SMARTS) is 1. The summed E-state index contributed by atoms with van der Waals surface area (Å²) in [5.41, 5.74) is 0.496. The van der Waals surface area contributed by atoms with Crippen molar-refractivity contribution in [2.75, 3.05) is 30.8 Å². The summed E-state index contributed by atoms with van der Waals surface area (Å²) >= 11 is 6.19. The predicted molar refractivity (Wildman–Crippen MR) is 154 cm³/mol. The highest BCUT2D eigenvalue weighted by molar-refractivity contribution is 6.31. The molecule has 0 radical (unpaired) electrons. The number of carbonyl (C=O) groups excluding carboxylic acids is 2. The summed E-state index contributed by atoms with van der Waals surface area (Å²) in [5, 5.41) is 14.1. The van der Waals surface area contributed by atoms with Crippen molar-refractivity contribution < 1.29 is 33.4 Å². The largest absolute Gasteiger partial charge is 0.506 e. The van der Waals surface area contributed by atoms with Crippen LogP contribution in [-0.2, 0) is 4.74 Å². The summed E-state index contributed by atoms with van der Waals surface area (Å²) in [4.78, 5) is 47.0. The van der Waals surface area contributed by atoms with Crippen LogP contribution in [0.3, 0.4) is 0 Å². The SMILES string of the molecule is C#Cc1ccc(NC(=O)c2cc(Cl)cc(OC)c2NC(=O)c2ccc(N=CN3CCC(OC(=O)O)CC3)c(F)c2)nc1. The zero-order valence-corrected chi connectivity index (χ0v) is 23.0. The van der Waals surface area contributed by atoms with Gasteiger partial charge in [0.25, 0.3) is 11.8 Å². The Morgan fingerprint density at radius 2 is 1.93 bits per heavy atom. The number of rotatable bonds is 8. The van der Waals surface area contributed by atoms with E-state index in [-0.39, 0.29) is 45.2 Å². The van der Waals surface area contributed by atoms with Crippen LogP contribution in [0.1, 0.15) is 39.1 Å². The van der Waals surface area contributed by atoms with Gasteiger partial charge in [0.15, 0.2) is 0 Å². The van der Waals surface area contributed by atoms with Crippen LogP contribution < -0.4 is 15.4 Å². The van der Waals surface area contributed by atoms with E-state index in [1.165, 1.54) is 50.0 Å². The maximum absolute atomic E-state index is 14.9. The van der Waals surface area contributed by atoms with Crippen molar-refractivity contribution >= 4 is 53.1 Å². The van der Waals surface area contributed by atoms with Gasteiger partial charge in [0.05, 0.1) is 24.7 Å². The summed E-state index contributed by atoms with van der Waals surface area (Å²) in [6.45, 7) is 0.989. The number of carbonyl (C=O) groups is 3. The van der Waals surface area contributed by atoms with Gasteiger partial charge in [0.1, 0.15) is 29.2 Å². The molecule has 3 N–H and O–H groups in total. The summed E-state index contributed by atoms with van der Waals surface area (Å²) in [5.74, 6) is 0.657. The van der Waals surface area contributed by atoms with Crippen molar-refractivity contribution in [3.8, 4) is 18.1 Å². The molecule has 0 aliphatic carbocycles. The molecule has 0 saturated carbocycles. The quantitative estimate of drug-likeness (QED) is 0.140. The Labute approximate surface area is 245 Å². The molecule has 1 aliphatic heterocycles. The number of amides is 2. The van der Waals surface area contributed by atoms with Crippen LogP contribution >= 0.6 is 11.6 Å². The number of hydrogen-bond donors (Lipinski definition) is 3. The standard InChI is InChI=1S/C29H25ClFN5O6/c1-3-17-4-7-25(32-15-17)34-28(38)21-13-19(30)14-24(41-2)26(21)35-27(37)18-5-6-23(22(31)12-18)33-16-36-10-8-20(9-11-36)42-29(39)40/h1,4-7,12-16,20H,8-11H2,2H3,(H,35,37)(H,39,40)(H,32,34,38). The molecule has 2 amide bonds. The van der Waals surface area contributed by atoms with E-state index in [2.05, 4.69) is 26.5 Å². The third kappa shape index (κ3) is 7.52. The van der Waals surface area contributed by atoms with Gasteiger partial charge in [0.2, 0.25) is 0 Å². The van der Waals surface area contributed by atoms with Crippen molar-refractivity contribution in [2.45, 2.75) is 18.9 Å². The molecule has 4 rings (SSSR count). The molecule has 0 atom stereocenters. The second-order valence-corrected chi connectivity index (χ2v) is 9.48. The number of halogens is 2. The number of terminal acetylenes is 1. The van der Waals surface area contributed by atoms with E-state index in [9.17, 15) is 18.8 Å². The highest BCUT2D eigenvalue weighted by atomic mass is 35.5. The minimum Gasteiger partial charge on any atom is -0.494 e. The van der Waals surface area contributed by atoms with Gasteiger partial charge in [-0.25, -0.2) is 19.2 Å². The Hall–Kier alpha value is -5.15. The minimum atomic E-state index is -1.31. The maximum atomic E-state index is 14.9. The average molecular weight is 594 g/mol. The lowest BCUT2D eigenvalue weighted by Gasteiger charge is -2.29. The third-order valence-electron chi connectivity index (χ3n) is 6.26. The normalized spacial score (nSPS) is 13.3. The first-order valence-electron chi connectivity index (χ1n) is 12.6. The molecule has 216 valence electrons. The number of pyridine rings is 1. The molecule has 42 heavy (non-hydrogen) atoms. The molecule has 11 nitrogen and oxygen atoms in total. The second kappa shape index (κ2) is 13.5. The number of methoxy groups -OCH3 is 1. The van der Waals surface area contributed by atoms with Crippen molar-refractivity contribution in [1.29, 1.82) is 0 Å². The van der Waals surface area contributed by atoms with Gasteiger partial charge in [-0.3, -0.25) is 9.59 Å². The third-order valence-corrected chi connectivity index (χ3v) is 6.47. The number of aromatic nitrogens is 1. The molecule has 3 aromatic rings. The highest BCUT2D eigenvalue weighted by Crippen LogP contribution is 2.34. The predicted octanol–water partition coefficient (Wildman–Crippen LogP) is 5.19. The maximum Gasteiger partial charge on any atom is 0.506 e. The lowest BCUT2D eigenvalue weighted by atomic mass is 10.1. The molecule has 1 saturated heterocycles. The zero-order valence-electron chi connectivity index (χ0n) is 22.3. The van der Waals surface area contributed by atoms with Crippen LogP contribution in [0.2, 0.25) is 5.02 Å². The number of benzene rings is 2. The van der Waals surface area contributed by atoms with Crippen molar-refractivity contribution in [3.05, 3.63) is 76.2 Å². The molecule has 13 heteroatoms. The van der Waals surface area contributed by atoms with Crippen LogP contribution in [-0.4, -0.2) is 65.6 Å². The average Bonchev–Trinajstić information content (AvgIpc) is 2.97. The monoisotopic (exact) mass is 593 g/mol. The number of likely N-dealkylation sites (tertiary alicyclic amines) is 1. The molecular formula is C29H25ClFN5O6. The molecule has 2 aromatic carbocycles. The Morgan fingerprint density at radius 3 is 2.55 bits per heavy atom. The molecule has 1 aliphatic rings. The first kappa shape index (κ1) is 29.8. The Balaban J connectivity index is 1.48. The lowest BCUT2D eigenvalue weighted by Crippen LogP contribution is -2.36. The molecule has 0 bridgehead atoms. The number of nitrogens with zero attached hydrogens (tertiary/aromatic N) is 3. The number of piperidine rings is 1. The zero-order chi connectivity index (χ0) is 30.2. The molecule has 1 fully saturated rings. The first-order valence-corrected chi connectivity index (χ1v) is 12.9. The van der Waals surface area contributed by atoms with Crippen molar-refractivity contribution in [2.24, 2.45) is 4.99 Å². The van der Waals surface area contributed by atoms with Crippen LogP contribution in [0.4, 0.5) is 26.4 Å². The topological polar surface area (TPSA) is 142 Å². The van der Waals surface area contributed by atoms with E-state index in [0.29, 0.717) is 31.5 Å². The van der Waals surface area contributed by atoms with Crippen LogP contribution in [0.5, 0.6) is 5.75 Å². The summed E-state index contributed by atoms with van der Waals surface area (Å²) < 4.78 is 25.0. The van der Waals surface area contributed by atoms with E-state index < -0.39 is 23.8 Å². The van der Waals surface area contributed by atoms with Gasteiger partial charge in [-0.15, -0.1) is 6.42 Å². The minimum absolute atomic E-state index is 0.00274. The molecule has 2 heterocycles. The first-order chi connectivity index (χ1) is 20.2. The molecule has 0 unspecified atom stereocenters. The van der Waals surface area contributed by atoms with Gasteiger partial charge in [-0.2, -0.15) is 0 Å². The van der Waals surface area contributed by atoms with E-state index in [1.807, 2.05) is 4.90 Å². The fourth-order valence-corrected chi connectivity index (χ4v) is 4.33. The number of anilines is 2. The highest BCUT2D eigenvalue weighted by Gasteiger charge is 2.22. The van der Waals surface area contributed by atoms with E-state index >= 15 is 0 Å².